The SMILES string of the molecule is COCC1CCN(Cc2ccc(OC)c(OCC(O)CN3CCN(C)CC3)c2)CC1. The molecule has 0 aromatic heterocycles. The van der Waals surface area contributed by atoms with Crippen LogP contribution < -0.4 is 9.47 Å². The number of rotatable bonds is 10. The summed E-state index contributed by atoms with van der Waals surface area (Å²) in [6.07, 6.45) is 1.86. The summed E-state index contributed by atoms with van der Waals surface area (Å²) in [5.41, 5.74) is 1.21. The normalized spacial score (nSPS) is 20.9. The van der Waals surface area contributed by atoms with Crippen LogP contribution in [0.4, 0.5) is 0 Å². The summed E-state index contributed by atoms with van der Waals surface area (Å²) in [6.45, 7) is 8.97. The Hall–Kier alpha value is -1.38. The van der Waals surface area contributed by atoms with Crippen LogP contribution in [0.3, 0.4) is 0 Å². The van der Waals surface area contributed by atoms with Crippen molar-refractivity contribution in [1.82, 2.24) is 14.7 Å². The summed E-state index contributed by atoms with van der Waals surface area (Å²) < 4.78 is 16.8. The first kappa shape index (κ1) is 23.3. The van der Waals surface area contributed by atoms with Gasteiger partial charge in [-0.2, -0.15) is 0 Å². The second-order valence-electron chi connectivity index (χ2n) is 8.73. The maximum absolute atomic E-state index is 10.5. The molecule has 2 heterocycles. The number of likely N-dealkylation sites (N-methyl/N-ethyl adjacent to an activating group) is 1. The van der Waals surface area contributed by atoms with Crippen LogP contribution in [0.5, 0.6) is 11.5 Å². The molecule has 1 atom stereocenters. The molecule has 170 valence electrons. The van der Waals surface area contributed by atoms with E-state index in [1.807, 2.05) is 6.07 Å². The van der Waals surface area contributed by atoms with Gasteiger partial charge < -0.3 is 24.2 Å². The molecule has 2 aliphatic heterocycles. The quantitative estimate of drug-likeness (QED) is 0.615. The third-order valence-electron chi connectivity index (χ3n) is 6.24. The molecule has 1 aromatic rings. The van der Waals surface area contributed by atoms with Gasteiger partial charge in [-0.05, 0) is 56.6 Å². The smallest absolute Gasteiger partial charge is 0.161 e. The van der Waals surface area contributed by atoms with Gasteiger partial charge in [0.2, 0.25) is 0 Å². The first-order valence-corrected chi connectivity index (χ1v) is 11.2. The van der Waals surface area contributed by atoms with E-state index in [0.29, 0.717) is 24.0 Å². The average Bonchev–Trinajstić information content (AvgIpc) is 2.76. The second-order valence-corrected chi connectivity index (χ2v) is 8.73. The van der Waals surface area contributed by atoms with Gasteiger partial charge in [-0.25, -0.2) is 0 Å². The molecule has 0 bridgehead atoms. The zero-order chi connectivity index (χ0) is 21.3. The minimum Gasteiger partial charge on any atom is -0.493 e. The number of methoxy groups -OCH3 is 2. The van der Waals surface area contributed by atoms with E-state index in [0.717, 1.165) is 52.4 Å². The Balaban J connectivity index is 1.49. The predicted octanol–water partition coefficient (Wildman–Crippen LogP) is 1.54. The minimum absolute atomic E-state index is 0.272. The lowest BCUT2D eigenvalue weighted by Crippen LogP contribution is -2.47. The van der Waals surface area contributed by atoms with Crippen LogP contribution in [0.2, 0.25) is 0 Å². The van der Waals surface area contributed by atoms with E-state index in [2.05, 4.69) is 33.9 Å². The van der Waals surface area contributed by atoms with Gasteiger partial charge in [0, 0.05) is 53.0 Å². The van der Waals surface area contributed by atoms with E-state index in [1.54, 1.807) is 14.2 Å². The highest BCUT2D eigenvalue weighted by molar-refractivity contribution is 5.43. The van der Waals surface area contributed by atoms with Crippen LogP contribution in [-0.2, 0) is 11.3 Å². The maximum atomic E-state index is 10.5. The number of benzene rings is 1. The van der Waals surface area contributed by atoms with Crippen molar-refractivity contribution in [2.75, 3.05) is 80.3 Å². The molecule has 1 unspecified atom stereocenters. The molecule has 0 spiro atoms. The maximum Gasteiger partial charge on any atom is 0.161 e. The topological polar surface area (TPSA) is 57.6 Å². The first-order chi connectivity index (χ1) is 14.6. The van der Waals surface area contributed by atoms with Crippen molar-refractivity contribution in [1.29, 1.82) is 0 Å². The molecule has 0 amide bonds. The molecular weight excluding hydrogens is 382 g/mol. The largest absolute Gasteiger partial charge is 0.493 e. The summed E-state index contributed by atoms with van der Waals surface area (Å²) in [6, 6.07) is 6.13. The third kappa shape index (κ3) is 7.10. The molecule has 7 heteroatoms. The van der Waals surface area contributed by atoms with Crippen molar-refractivity contribution in [2.45, 2.75) is 25.5 Å². The summed E-state index contributed by atoms with van der Waals surface area (Å²) in [5.74, 6) is 2.11. The number of hydrogen-bond acceptors (Lipinski definition) is 7. The fourth-order valence-corrected chi connectivity index (χ4v) is 4.30. The Morgan fingerprint density at radius 2 is 1.73 bits per heavy atom. The van der Waals surface area contributed by atoms with Crippen molar-refractivity contribution in [3.63, 3.8) is 0 Å². The number of β-amino-alcohol motifs (C(OH)–C–C–N with tert-alkyl or cyclic N) is 1. The van der Waals surface area contributed by atoms with Gasteiger partial charge in [0.1, 0.15) is 12.7 Å². The number of aliphatic hydroxyl groups is 1. The minimum atomic E-state index is -0.512. The molecular formula is C23H39N3O4. The standard InChI is InChI=1S/C23H39N3O4/c1-24-10-12-26(13-11-24)16-21(27)18-30-23-14-20(4-5-22(23)29-3)15-25-8-6-19(7-9-25)17-28-2/h4-5,14,19,21,27H,6-13,15-18H2,1-3H3. The Morgan fingerprint density at radius 3 is 2.40 bits per heavy atom. The fraction of sp³-hybridized carbons (Fsp3) is 0.739. The molecule has 0 aliphatic carbocycles. The van der Waals surface area contributed by atoms with Crippen LogP contribution in [0, 0.1) is 5.92 Å². The van der Waals surface area contributed by atoms with E-state index in [1.165, 1.54) is 18.4 Å². The number of likely N-dealkylation sites (tertiary alicyclic amines) is 1. The number of aliphatic hydroxyl groups excluding tert-OH is 1. The highest BCUT2D eigenvalue weighted by atomic mass is 16.5. The summed E-state index contributed by atoms with van der Waals surface area (Å²) >= 11 is 0. The molecule has 3 rings (SSSR count). The monoisotopic (exact) mass is 421 g/mol. The lowest BCUT2D eigenvalue weighted by atomic mass is 9.97. The number of piperidine rings is 1. The van der Waals surface area contributed by atoms with Gasteiger partial charge in [0.15, 0.2) is 11.5 Å². The van der Waals surface area contributed by atoms with Crippen molar-refractivity contribution < 1.29 is 19.3 Å². The molecule has 2 fully saturated rings. The fourth-order valence-electron chi connectivity index (χ4n) is 4.30. The van der Waals surface area contributed by atoms with Crippen molar-refractivity contribution in [3.05, 3.63) is 23.8 Å². The van der Waals surface area contributed by atoms with Gasteiger partial charge in [0.05, 0.1) is 7.11 Å². The number of nitrogens with zero attached hydrogens (tertiary/aromatic N) is 3. The highest BCUT2D eigenvalue weighted by Gasteiger charge is 2.20. The summed E-state index contributed by atoms with van der Waals surface area (Å²) in [7, 11) is 5.58. The van der Waals surface area contributed by atoms with E-state index in [4.69, 9.17) is 14.2 Å². The lowest BCUT2D eigenvalue weighted by Gasteiger charge is -2.33. The number of piperazine rings is 1. The number of ether oxygens (including phenoxy) is 3. The molecule has 0 saturated carbocycles. The van der Waals surface area contributed by atoms with Crippen molar-refractivity contribution in [2.24, 2.45) is 5.92 Å². The molecule has 1 N–H and O–H groups in total. The van der Waals surface area contributed by atoms with E-state index in [-0.39, 0.29) is 6.61 Å². The van der Waals surface area contributed by atoms with Crippen LogP contribution in [0.15, 0.2) is 18.2 Å². The van der Waals surface area contributed by atoms with Crippen molar-refractivity contribution >= 4 is 0 Å². The van der Waals surface area contributed by atoms with E-state index >= 15 is 0 Å². The molecule has 7 nitrogen and oxygen atoms in total. The average molecular weight is 422 g/mol. The first-order valence-electron chi connectivity index (χ1n) is 11.2. The van der Waals surface area contributed by atoms with Crippen molar-refractivity contribution in [3.8, 4) is 11.5 Å². The second kappa shape index (κ2) is 11.9. The molecule has 30 heavy (non-hydrogen) atoms. The van der Waals surface area contributed by atoms with Crippen LogP contribution in [-0.4, -0.2) is 106 Å². The van der Waals surface area contributed by atoms with E-state index < -0.39 is 6.10 Å². The van der Waals surface area contributed by atoms with Gasteiger partial charge >= 0.3 is 0 Å². The zero-order valence-electron chi connectivity index (χ0n) is 18.9. The Morgan fingerprint density at radius 1 is 1.00 bits per heavy atom. The third-order valence-corrected chi connectivity index (χ3v) is 6.24. The van der Waals surface area contributed by atoms with Gasteiger partial charge in [-0.1, -0.05) is 6.07 Å². The molecule has 1 aromatic carbocycles. The Labute approximate surface area is 181 Å². The Bertz CT molecular complexity index is 629. The van der Waals surface area contributed by atoms with Gasteiger partial charge in [-0.15, -0.1) is 0 Å². The molecule has 0 radical (unpaired) electrons. The van der Waals surface area contributed by atoms with E-state index in [9.17, 15) is 5.11 Å². The molecule has 2 aliphatic rings. The Kier molecular flexibility index (Phi) is 9.21. The summed E-state index contributed by atoms with van der Waals surface area (Å²) in [4.78, 5) is 7.10. The number of hydrogen-bond donors (Lipinski definition) is 1. The zero-order valence-corrected chi connectivity index (χ0v) is 18.9. The lowest BCUT2D eigenvalue weighted by molar-refractivity contribution is 0.0497. The predicted molar refractivity (Wildman–Crippen MR) is 118 cm³/mol. The van der Waals surface area contributed by atoms with Crippen LogP contribution in [0.1, 0.15) is 18.4 Å². The highest BCUT2D eigenvalue weighted by Crippen LogP contribution is 2.29. The van der Waals surface area contributed by atoms with Crippen LogP contribution >= 0.6 is 0 Å². The summed E-state index contributed by atoms with van der Waals surface area (Å²) in [5, 5.41) is 10.5. The van der Waals surface area contributed by atoms with Gasteiger partial charge in [-0.3, -0.25) is 9.80 Å². The van der Waals surface area contributed by atoms with Gasteiger partial charge in [0.25, 0.3) is 0 Å². The molecule has 2 saturated heterocycles. The van der Waals surface area contributed by atoms with Crippen LogP contribution in [0.25, 0.3) is 0 Å².